The van der Waals surface area contributed by atoms with Crippen LogP contribution in [0.1, 0.15) is 36.2 Å². The zero-order valence-electron chi connectivity index (χ0n) is 18.0. The van der Waals surface area contributed by atoms with Gasteiger partial charge in [0.25, 0.3) is 0 Å². The average molecular weight is 487 g/mol. The normalized spacial score (nSPS) is 17.9. The van der Waals surface area contributed by atoms with E-state index in [1.165, 1.54) is 15.9 Å². The van der Waals surface area contributed by atoms with Gasteiger partial charge in [0.2, 0.25) is 16.7 Å². The Labute approximate surface area is 199 Å². The first kappa shape index (κ1) is 21.9. The molecule has 0 saturated carbocycles. The second-order valence-corrected chi connectivity index (χ2v) is 9.38. The van der Waals surface area contributed by atoms with E-state index in [0.29, 0.717) is 39.6 Å². The summed E-state index contributed by atoms with van der Waals surface area (Å²) in [5.41, 5.74) is 0.968. The summed E-state index contributed by atoms with van der Waals surface area (Å²) in [6, 6.07) is 10.8. The van der Waals surface area contributed by atoms with Crippen molar-refractivity contribution >= 4 is 33.9 Å². The summed E-state index contributed by atoms with van der Waals surface area (Å²) in [4.78, 5) is 20.5. The lowest BCUT2D eigenvalue weighted by Crippen LogP contribution is -2.41. The molecule has 8 nitrogen and oxygen atoms in total. The number of ether oxygens (including phenoxy) is 1. The Bertz CT molecular complexity index is 1250. The van der Waals surface area contributed by atoms with Crippen LogP contribution in [0.4, 0.5) is 0 Å². The largest absolute Gasteiger partial charge is 0.492 e. The lowest BCUT2D eigenvalue weighted by atomic mass is 9.94. The first-order chi connectivity index (χ1) is 16.0. The summed E-state index contributed by atoms with van der Waals surface area (Å²) in [6.45, 7) is 3.51. The van der Waals surface area contributed by atoms with Gasteiger partial charge in [-0.05, 0) is 56.1 Å². The molecule has 5 rings (SSSR count). The molecule has 1 aromatic carbocycles. The first-order valence-corrected chi connectivity index (χ1v) is 12.0. The van der Waals surface area contributed by atoms with Crippen molar-refractivity contribution in [2.24, 2.45) is 5.92 Å². The number of piperidine rings is 1. The molecular weight excluding hydrogens is 464 g/mol. The molecule has 1 aliphatic rings. The molecule has 0 radical (unpaired) electrons. The predicted octanol–water partition coefficient (Wildman–Crippen LogP) is 4.77. The Morgan fingerprint density at radius 3 is 2.88 bits per heavy atom. The summed E-state index contributed by atoms with van der Waals surface area (Å²) in [7, 11) is 0. The van der Waals surface area contributed by atoms with Crippen LogP contribution in [0.15, 0.2) is 47.1 Å². The van der Waals surface area contributed by atoms with E-state index in [-0.39, 0.29) is 23.8 Å². The van der Waals surface area contributed by atoms with Gasteiger partial charge >= 0.3 is 5.97 Å². The number of nitrogens with zero attached hydrogens (tertiary/aromatic N) is 4. The predicted molar refractivity (Wildman–Crippen MR) is 124 cm³/mol. The van der Waals surface area contributed by atoms with Crippen LogP contribution in [-0.2, 0) is 9.53 Å². The number of esters is 1. The number of thiazole rings is 1. The van der Waals surface area contributed by atoms with E-state index in [1.54, 1.807) is 18.4 Å². The smallest absolute Gasteiger partial charge is 0.310 e. The number of fused-ring (bicyclic) bond motifs is 1. The van der Waals surface area contributed by atoms with Crippen molar-refractivity contribution in [3.8, 4) is 17.5 Å². The second-order valence-electron chi connectivity index (χ2n) is 7.94. The van der Waals surface area contributed by atoms with Crippen molar-refractivity contribution < 1.29 is 19.1 Å². The van der Waals surface area contributed by atoms with E-state index in [4.69, 9.17) is 20.8 Å². The molecule has 33 heavy (non-hydrogen) atoms. The molecule has 1 aliphatic heterocycles. The molecule has 172 valence electrons. The van der Waals surface area contributed by atoms with E-state index in [2.05, 4.69) is 15.0 Å². The Hall–Kier alpha value is -2.88. The van der Waals surface area contributed by atoms with Gasteiger partial charge in [0.05, 0.1) is 29.7 Å². The number of benzene rings is 1. The minimum absolute atomic E-state index is 0.0264. The number of rotatable bonds is 6. The third-order valence-corrected chi connectivity index (χ3v) is 7.14. The highest BCUT2D eigenvalue weighted by Gasteiger charge is 2.35. The molecule has 2 atom stereocenters. The molecule has 0 unspecified atom stereocenters. The van der Waals surface area contributed by atoms with Crippen molar-refractivity contribution in [1.82, 2.24) is 19.5 Å². The first-order valence-electron chi connectivity index (χ1n) is 10.8. The number of carbonyl (C=O) groups is 1. The minimum atomic E-state index is -0.278. The number of likely N-dealkylation sites (tertiary alicyclic amines) is 1. The highest BCUT2D eigenvalue weighted by molar-refractivity contribution is 7.17. The van der Waals surface area contributed by atoms with Crippen LogP contribution in [0.5, 0.6) is 5.88 Å². The van der Waals surface area contributed by atoms with Gasteiger partial charge in [-0.25, -0.2) is 0 Å². The molecular formula is C23H23ClN4O4S. The number of aromatic nitrogens is 3. The summed E-state index contributed by atoms with van der Waals surface area (Å²) in [5, 5.41) is 16.2. The van der Waals surface area contributed by atoms with E-state index >= 15 is 0 Å². The summed E-state index contributed by atoms with van der Waals surface area (Å²) in [5.74, 6) is 0.597. The molecule has 0 bridgehead atoms. The van der Waals surface area contributed by atoms with Crippen molar-refractivity contribution in [2.75, 3.05) is 19.7 Å². The van der Waals surface area contributed by atoms with Gasteiger partial charge in [0.1, 0.15) is 0 Å². The molecule has 1 saturated heterocycles. The molecule has 0 aliphatic carbocycles. The Morgan fingerprint density at radius 2 is 2.18 bits per heavy atom. The van der Waals surface area contributed by atoms with E-state index in [1.807, 2.05) is 31.2 Å². The molecule has 1 fully saturated rings. The van der Waals surface area contributed by atoms with Gasteiger partial charge in [-0.15, -0.1) is 5.10 Å². The summed E-state index contributed by atoms with van der Waals surface area (Å²) >= 11 is 7.51. The third kappa shape index (κ3) is 4.23. The Kier molecular flexibility index (Phi) is 6.09. The topological polar surface area (TPSA) is 93.1 Å². The standard InChI is InChI=1S/C23H23ClN4O4S/c1-2-31-22(30)15-5-3-11-27(13-15)18(14-7-9-16(24)10-8-14)19-21(29)28-23(33-19)25-20(26-28)17-6-4-12-32-17/h4,6-10,12,15,18,29H,2-3,5,11,13H2,1H3/t15-,18-/m1/s1. The lowest BCUT2D eigenvalue weighted by Gasteiger charge is -2.37. The highest BCUT2D eigenvalue weighted by Crippen LogP contribution is 2.42. The average Bonchev–Trinajstić information content (AvgIpc) is 3.55. The molecule has 1 N–H and O–H groups in total. The maximum absolute atomic E-state index is 12.5. The second kappa shape index (κ2) is 9.17. The number of hydrogen-bond donors (Lipinski definition) is 1. The molecule has 3 aromatic heterocycles. The van der Waals surface area contributed by atoms with Crippen LogP contribution in [0.2, 0.25) is 5.02 Å². The van der Waals surface area contributed by atoms with Gasteiger partial charge < -0.3 is 14.3 Å². The van der Waals surface area contributed by atoms with Gasteiger partial charge in [0, 0.05) is 11.6 Å². The van der Waals surface area contributed by atoms with E-state index < -0.39 is 0 Å². The van der Waals surface area contributed by atoms with Gasteiger partial charge in [-0.3, -0.25) is 9.69 Å². The van der Waals surface area contributed by atoms with Gasteiger partial charge in [-0.2, -0.15) is 9.50 Å². The van der Waals surface area contributed by atoms with Crippen molar-refractivity contribution in [3.05, 3.63) is 58.1 Å². The fourth-order valence-corrected chi connectivity index (χ4v) is 5.55. The third-order valence-electron chi connectivity index (χ3n) is 5.81. The zero-order chi connectivity index (χ0) is 22.9. The van der Waals surface area contributed by atoms with Crippen LogP contribution in [0.3, 0.4) is 0 Å². The molecule has 4 heterocycles. The van der Waals surface area contributed by atoms with Crippen LogP contribution < -0.4 is 0 Å². The number of halogens is 1. The van der Waals surface area contributed by atoms with E-state index in [0.717, 1.165) is 24.9 Å². The fourth-order valence-electron chi connectivity index (χ4n) is 4.30. The maximum Gasteiger partial charge on any atom is 0.310 e. The van der Waals surface area contributed by atoms with Gasteiger partial charge in [0.15, 0.2) is 5.76 Å². The van der Waals surface area contributed by atoms with Gasteiger partial charge in [-0.1, -0.05) is 35.1 Å². The summed E-state index contributed by atoms with van der Waals surface area (Å²) in [6.07, 6.45) is 3.21. The number of aromatic hydroxyl groups is 1. The Balaban J connectivity index is 1.54. The van der Waals surface area contributed by atoms with Crippen molar-refractivity contribution in [1.29, 1.82) is 0 Å². The molecule has 0 spiro atoms. The van der Waals surface area contributed by atoms with Crippen LogP contribution >= 0.6 is 22.9 Å². The minimum Gasteiger partial charge on any atom is -0.492 e. The Morgan fingerprint density at radius 1 is 1.36 bits per heavy atom. The molecule has 4 aromatic rings. The zero-order valence-corrected chi connectivity index (χ0v) is 19.6. The quantitative estimate of drug-likeness (QED) is 0.392. The highest BCUT2D eigenvalue weighted by atomic mass is 35.5. The van der Waals surface area contributed by atoms with E-state index in [9.17, 15) is 9.90 Å². The number of hydrogen-bond acceptors (Lipinski definition) is 8. The maximum atomic E-state index is 12.5. The number of furan rings is 1. The molecule has 10 heteroatoms. The number of carbonyl (C=O) groups excluding carboxylic acids is 1. The fraction of sp³-hybridized carbons (Fsp3) is 0.348. The lowest BCUT2D eigenvalue weighted by molar-refractivity contribution is -0.150. The van der Waals surface area contributed by atoms with Crippen LogP contribution in [0.25, 0.3) is 16.5 Å². The summed E-state index contributed by atoms with van der Waals surface area (Å²) < 4.78 is 12.1. The van der Waals surface area contributed by atoms with Crippen LogP contribution in [0, 0.1) is 5.92 Å². The van der Waals surface area contributed by atoms with Crippen molar-refractivity contribution in [3.63, 3.8) is 0 Å². The van der Waals surface area contributed by atoms with Crippen LogP contribution in [-0.4, -0.2) is 50.3 Å². The SMILES string of the molecule is CCOC(=O)[C@@H]1CCCN([C@H](c2ccc(Cl)cc2)c2sc3nc(-c4ccco4)nn3c2O)C1. The van der Waals surface area contributed by atoms with Crippen molar-refractivity contribution in [2.45, 2.75) is 25.8 Å². The monoisotopic (exact) mass is 486 g/mol. The molecule has 0 amide bonds.